The van der Waals surface area contributed by atoms with Gasteiger partial charge in [-0.2, -0.15) is 12.6 Å². The van der Waals surface area contributed by atoms with E-state index in [4.69, 9.17) is 16.6 Å². The van der Waals surface area contributed by atoms with Gasteiger partial charge in [-0.05, 0) is 44.6 Å². The molecule has 10 nitrogen and oxygen atoms in total. The topological polar surface area (TPSA) is 168 Å². The van der Waals surface area contributed by atoms with E-state index in [1.807, 2.05) is 13.8 Å². The Bertz CT molecular complexity index is 618. The minimum Gasteiger partial charge on any atom is -0.480 e. The average molecular weight is 446 g/mol. The third-order valence-electron chi connectivity index (χ3n) is 5.22. The lowest BCUT2D eigenvalue weighted by Crippen LogP contribution is -2.57. The zero-order chi connectivity index (χ0) is 22.8. The lowest BCUT2D eigenvalue weighted by atomic mass is 10.0. The van der Waals surface area contributed by atoms with Gasteiger partial charge in [0.15, 0.2) is 0 Å². The highest BCUT2D eigenvalue weighted by Gasteiger charge is 2.38. The summed E-state index contributed by atoms with van der Waals surface area (Å²) >= 11 is 3.94. The van der Waals surface area contributed by atoms with Gasteiger partial charge >= 0.3 is 5.97 Å². The third-order valence-corrected chi connectivity index (χ3v) is 5.58. The van der Waals surface area contributed by atoms with E-state index in [1.165, 1.54) is 4.90 Å². The van der Waals surface area contributed by atoms with Crippen molar-refractivity contribution in [3.8, 4) is 0 Å². The number of hydrogen-bond acceptors (Lipinski definition) is 7. The van der Waals surface area contributed by atoms with Crippen molar-refractivity contribution in [2.45, 2.75) is 70.1 Å². The number of thiol groups is 1. The number of carbonyl (C=O) groups is 4. The van der Waals surface area contributed by atoms with E-state index in [2.05, 4.69) is 23.3 Å². The Kier molecular flexibility index (Phi) is 11.1. The zero-order valence-electron chi connectivity index (χ0n) is 17.7. The summed E-state index contributed by atoms with van der Waals surface area (Å²) < 4.78 is 0. The molecule has 3 amide bonds. The van der Waals surface area contributed by atoms with Crippen LogP contribution in [-0.4, -0.2) is 76.7 Å². The Morgan fingerprint density at radius 1 is 1.17 bits per heavy atom. The van der Waals surface area contributed by atoms with Crippen LogP contribution in [0.5, 0.6) is 0 Å². The second kappa shape index (κ2) is 12.8. The first-order chi connectivity index (χ1) is 14.1. The van der Waals surface area contributed by atoms with Crippen molar-refractivity contribution in [3.05, 3.63) is 0 Å². The van der Waals surface area contributed by atoms with Crippen LogP contribution in [0, 0.1) is 5.92 Å². The lowest BCUT2D eigenvalue weighted by Gasteiger charge is -2.29. The Balaban J connectivity index is 2.88. The van der Waals surface area contributed by atoms with Crippen molar-refractivity contribution in [1.29, 1.82) is 0 Å². The third kappa shape index (κ3) is 7.44. The molecule has 0 bridgehead atoms. The first-order valence-electron chi connectivity index (χ1n) is 10.3. The molecule has 0 radical (unpaired) electrons. The van der Waals surface area contributed by atoms with Gasteiger partial charge in [0, 0.05) is 12.3 Å². The molecule has 0 spiro atoms. The maximum absolute atomic E-state index is 12.9. The summed E-state index contributed by atoms with van der Waals surface area (Å²) in [6.07, 6.45) is 2.69. The second-order valence-corrected chi connectivity index (χ2v) is 8.25. The maximum Gasteiger partial charge on any atom is 0.327 e. The van der Waals surface area contributed by atoms with Crippen LogP contribution in [0.2, 0.25) is 0 Å². The molecule has 0 aromatic heterocycles. The zero-order valence-corrected chi connectivity index (χ0v) is 18.6. The molecular formula is C19H35N5O5S. The Morgan fingerprint density at radius 3 is 2.37 bits per heavy atom. The fraction of sp³-hybridized carbons (Fsp3) is 0.789. The van der Waals surface area contributed by atoms with Gasteiger partial charge in [0.2, 0.25) is 17.7 Å². The summed E-state index contributed by atoms with van der Waals surface area (Å²) in [6, 6.07) is -3.49. The molecule has 0 aliphatic carbocycles. The van der Waals surface area contributed by atoms with E-state index in [0.717, 1.165) is 0 Å². The predicted octanol–water partition coefficient (Wildman–Crippen LogP) is -0.926. The number of aliphatic carboxylic acids is 1. The summed E-state index contributed by atoms with van der Waals surface area (Å²) in [6.45, 7) is 4.55. The molecule has 0 aromatic carbocycles. The monoisotopic (exact) mass is 445 g/mol. The minimum atomic E-state index is -1.21. The smallest absolute Gasteiger partial charge is 0.327 e. The number of unbranched alkanes of at least 4 members (excludes halogenated alkanes) is 1. The van der Waals surface area contributed by atoms with Crippen LogP contribution in [0.3, 0.4) is 0 Å². The van der Waals surface area contributed by atoms with Gasteiger partial charge in [-0.3, -0.25) is 14.4 Å². The van der Waals surface area contributed by atoms with E-state index in [-0.39, 0.29) is 17.6 Å². The number of nitrogens with zero attached hydrogens (tertiary/aromatic N) is 1. The number of amides is 3. The Morgan fingerprint density at radius 2 is 1.83 bits per heavy atom. The summed E-state index contributed by atoms with van der Waals surface area (Å²) in [5.74, 6) is -2.68. The summed E-state index contributed by atoms with van der Waals surface area (Å²) in [7, 11) is 0. The lowest BCUT2D eigenvalue weighted by molar-refractivity contribution is -0.142. The molecule has 172 valence electrons. The standard InChI is InChI=1S/C19H35N5O5S/c1-11(2)15(21)18(27)24-9-5-7-14(24)17(26)22-12(6-3-4-8-20)16(25)23-13(10-30)19(28)29/h11-15,30H,3-10,20-21H2,1-2H3,(H,22,26)(H,23,25)(H,28,29). The van der Waals surface area contributed by atoms with E-state index in [9.17, 15) is 19.2 Å². The SMILES string of the molecule is CC(C)C(N)C(=O)N1CCCC1C(=O)NC(CCCCN)C(=O)NC(CS)C(=O)O. The second-order valence-electron chi connectivity index (χ2n) is 7.89. The van der Waals surface area contributed by atoms with Gasteiger partial charge in [0.05, 0.1) is 6.04 Å². The Labute approximate surface area is 182 Å². The van der Waals surface area contributed by atoms with Gasteiger partial charge in [0.1, 0.15) is 18.1 Å². The van der Waals surface area contributed by atoms with Crippen molar-refractivity contribution in [2.24, 2.45) is 17.4 Å². The van der Waals surface area contributed by atoms with E-state index >= 15 is 0 Å². The number of nitrogens with two attached hydrogens (primary N) is 2. The van der Waals surface area contributed by atoms with Crippen LogP contribution in [0.4, 0.5) is 0 Å². The van der Waals surface area contributed by atoms with Crippen LogP contribution in [-0.2, 0) is 19.2 Å². The molecule has 1 aliphatic rings. The Hall–Kier alpha value is -1.85. The summed E-state index contributed by atoms with van der Waals surface area (Å²) in [5, 5.41) is 14.2. The fourth-order valence-corrected chi connectivity index (χ4v) is 3.51. The molecule has 4 atom stereocenters. The number of rotatable bonds is 12. The number of likely N-dealkylation sites (tertiary alicyclic amines) is 1. The number of carbonyl (C=O) groups excluding carboxylic acids is 3. The first kappa shape index (κ1) is 26.2. The molecule has 1 fully saturated rings. The predicted molar refractivity (Wildman–Crippen MR) is 116 cm³/mol. The molecular weight excluding hydrogens is 410 g/mol. The van der Waals surface area contributed by atoms with Gasteiger partial charge in [0.25, 0.3) is 0 Å². The summed E-state index contributed by atoms with van der Waals surface area (Å²) in [5.41, 5.74) is 11.5. The summed E-state index contributed by atoms with van der Waals surface area (Å²) in [4.78, 5) is 50.8. The highest BCUT2D eigenvalue weighted by molar-refractivity contribution is 7.80. The van der Waals surface area contributed by atoms with E-state index in [0.29, 0.717) is 45.2 Å². The molecule has 7 N–H and O–H groups in total. The van der Waals surface area contributed by atoms with Crippen LogP contribution < -0.4 is 22.1 Å². The highest BCUT2D eigenvalue weighted by Crippen LogP contribution is 2.20. The number of hydrogen-bond donors (Lipinski definition) is 6. The quantitative estimate of drug-likeness (QED) is 0.167. The highest BCUT2D eigenvalue weighted by atomic mass is 32.1. The molecule has 1 heterocycles. The number of carboxylic acid groups (broad SMARTS) is 1. The average Bonchev–Trinajstić information content (AvgIpc) is 3.19. The van der Waals surface area contributed by atoms with Crippen LogP contribution in [0.15, 0.2) is 0 Å². The molecule has 4 unspecified atom stereocenters. The van der Waals surface area contributed by atoms with Crippen molar-refractivity contribution in [3.63, 3.8) is 0 Å². The minimum absolute atomic E-state index is 0.0641. The van der Waals surface area contributed by atoms with Gasteiger partial charge < -0.3 is 32.1 Å². The van der Waals surface area contributed by atoms with Crippen molar-refractivity contribution < 1.29 is 24.3 Å². The molecule has 11 heteroatoms. The van der Waals surface area contributed by atoms with Crippen LogP contribution in [0.1, 0.15) is 46.0 Å². The van der Waals surface area contributed by atoms with Gasteiger partial charge in [-0.25, -0.2) is 4.79 Å². The number of nitrogens with one attached hydrogen (secondary N) is 2. The van der Waals surface area contributed by atoms with Gasteiger partial charge in [-0.1, -0.05) is 13.8 Å². The molecule has 30 heavy (non-hydrogen) atoms. The van der Waals surface area contributed by atoms with Crippen LogP contribution >= 0.6 is 12.6 Å². The molecule has 0 saturated carbocycles. The fourth-order valence-electron chi connectivity index (χ4n) is 3.27. The first-order valence-corrected chi connectivity index (χ1v) is 11.0. The van der Waals surface area contributed by atoms with Crippen molar-refractivity contribution in [2.75, 3.05) is 18.8 Å². The normalized spacial score (nSPS) is 19.3. The molecule has 1 aliphatic heterocycles. The molecule has 1 rings (SSSR count). The van der Waals surface area contributed by atoms with Crippen molar-refractivity contribution in [1.82, 2.24) is 15.5 Å². The van der Waals surface area contributed by atoms with E-state index < -0.39 is 42.0 Å². The molecule has 0 aromatic rings. The molecule has 1 saturated heterocycles. The van der Waals surface area contributed by atoms with Gasteiger partial charge in [-0.15, -0.1) is 0 Å². The number of carboxylic acids is 1. The largest absolute Gasteiger partial charge is 0.480 e. The van der Waals surface area contributed by atoms with Crippen molar-refractivity contribution >= 4 is 36.3 Å². The van der Waals surface area contributed by atoms with E-state index in [1.54, 1.807) is 0 Å². The van der Waals surface area contributed by atoms with Crippen LogP contribution in [0.25, 0.3) is 0 Å². The maximum atomic E-state index is 12.9.